The van der Waals surface area contributed by atoms with E-state index in [9.17, 15) is 9.18 Å². The predicted molar refractivity (Wildman–Crippen MR) is 98.4 cm³/mol. The second-order valence-corrected chi connectivity index (χ2v) is 6.77. The number of rotatable bonds is 6. The van der Waals surface area contributed by atoms with Gasteiger partial charge >= 0.3 is 0 Å². The minimum atomic E-state index is -0.405. The van der Waals surface area contributed by atoms with Gasteiger partial charge in [0.05, 0.1) is 5.56 Å². The van der Waals surface area contributed by atoms with Gasteiger partial charge in [-0.2, -0.15) is 4.98 Å². The zero-order chi connectivity index (χ0) is 18.6. The highest BCUT2D eigenvalue weighted by molar-refractivity contribution is 5.79. The summed E-state index contributed by atoms with van der Waals surface area (Å²) in [4.78, 5) is 18.5. The summed E-state index contributed by atoms with van der Waals surface area (Å²) >= 11 is 0. The molecular formula is C21H20FN3O2. The molecular weight excluding hydrogens is 345 g/mol. The Morgan fingerprint density at radius 2 is 1.89 bits per heavy atom. The molecule has 1 aliphatic rings. The molecule has 138 valence electrons. The molecule has 1 saturated heterocycles. The summed E-state index contributed by atoms with van der Waals surface area (Å²) in [5.41, 5.74) is 1.55. The maximum Gasteiger partial charge on any atom is 0.260 e. The summed E-state index contributed by atoms with van der Waals surface area (Å²) in [5, 5.41) is 3.98. The van der Waals surface area contributed by atoms with E-state index in [1.807, 2.05) is 23.1 Å². The van der Waals surface area contributed by atoms with Gasteiger partial charge in [-0.25, -0.2) is 4.39 Å². The van der Waals surface area contributed by atoms with E-state index in [1.54, 1.807) is 18.2 Å². The number of likely N-dealkylation sites (tertiary alicyclic amines) is 1. The molecule has 3 aromatic rings. The van der Waals surface area contributed by atoms with Gasteiger partial charge in [-0.1, -0.05) is 47.6 Å². The number of benzene rings is 2. The van der Waals surface area contributed by atoms with Crippen LogP contribution < -0.4 is 0 Å². The number of halogens is 1. The van der Waals surface area contributed by atoms with Crippen LogP contribution >= 0.6 is 0 Å². The Bertz CT molecular complexity index is 926. The second kappa shape index (κ2) is 7.70. The van der Waals surface area contributed by atoms with E-state index in [-0.39, 0.29) is 23.3 Å². The molecule has 0 radical (unpaired) electrons. The summed E-state index contributed by atoms with van der Waals surface area (Å²) in [6.45, 7) is 1.28. The Balaban J connectivity index is 1.37. The lowest BCUT2D eigenvalue weighted by molar-refractivity contribution is -0.127. The van der Waals surface area contributed by atoms with Gasteiger partial charge in [0.2, 0.25) is 5.91 Å². The molecule has 1 unspecified atom stereocenters. The lowest BCUT2D eigenvalue weighted by Crippen LogP contribution is -2.26. The summed E-state index contributed by atoms with van der Waals surface area (Å²) in [7, 11) is 0. The molecule has 1 amide bonds. The van der Waals surface area contributed by atoms with Crippen LogP contribution in [0.1, 0.15) is 30.1 Å². The van der Waals surface area contributed by atoms with Crippen molar-refractivity contribution >= 4 is 5.91 Å². The minimum Gasteiger partial charge on any atom is -0.342 e. The number of aryl methyl sites for hydroxylation is 1. The number of carbonyl (C=O) groups is 1. The van der Waals surface area contributed by atoms with Crippen molar-refractivity contribution in [1.29, 1.82) is 0 Å². The smallest absolute Gasteiger partial charge is 0.260 e. The van der Waals surface area contributed by atoms with Crippen LogP contribution in [0.15, 0.2) is 59.1 Å². The van der Waals surface area contributed by atoms with Gasteiger partial charge in [-0.15, -0.1) is 0 Å². The van der Waals surface area contributed by atoms with Crippen molar-refractivity contribution in [2.45, 2.75) is 25.2 Å². The molecule has 27 heavy (non-hydrogen) atoms. The van der Waals surface area contributed by atoms with Crippen molar-refractivity contribution in [2.24, 2.45) is 0 Å². The molecule has 0 bridgehead atoms. The Kier molecular flexibility index (Phi) is 4.96. The number of aromatic nitrogens is 2. The summed E-state index contributed by atoms with van der Waals surface area (Å²) in [6, 6.07) is 16.5. The van der Waals surface area contributed by atoms with Gasteiger partial charge in [0.15, 0.2) is 5.82 Å². The average molecular weight is 365 g/mol. The van der Waals surface area contributed by atoms with Crippen molar-refractivity contribution < 1.29 is 13.7 Å². The lowest BCUT2D eigenvalue weighted by atomic mass is 10.1. The van der Waals surface area contributed by atoms with Crippen LogP contribution in [0.5, 0.6) is 0 Å². The second-order valence-electron chi connectivity index (χ2n) is 6.77. The third kappa shape index (κ3) is 3.89. The van der Waals surface area contributed by atoms with E-state index >= 15 is 0 Å². The van der Waals surface area contributed by atoms with Crippen molar-refractivity contribution in [3.63, 3.8) is 0 Å². The van der Waals surface area contributed by atoms with Crippen molar-refractivity contribution in [1.82, 2.24) is 15.0 Å². The van der Waals surface area contributed by atoms with Crippen LogP contribution in [-0.4, -0.2) is 34.0 Å². The Hall–Kier alpha value is -3.02. The number of hydrogen-bond acceptors (Lipinski definition) is 4. The van der Waals surface area contributed by atoms with E-state index in [0.29, 0.717) is 25.3 Å². The fourth-order valence-corrected chi connectivity index (χ4v) is 3.42. The molecule has 2 aromatic carbocycles. The fraction of sp³-hybridized carbons (Fsp3) is 0.286. The SMILES string of the molecule is O=C1CC(c2noc(-c3ccccc3F)n2)CN1CCCc1ccccc1. The molecule has 1 aliphatic heterocycles. The zero-order valence-electron chi connectivity index (χ0n) is 14.8. The summed E-state index contributed by atoms with van der Waals surface area (Å²) < 4.78 is 19.1. The molecule has 2 heterocycles. The number of nitrogens with zero attached hydrogens (tertiary/aromatic N) is 3. The number of hydrogen-bond donors (Lipinski definition) is 0. The number of carbonyl (C=O) groups excluding carboxylic acids is 1. The van der Waals surface area contributed by atoms with Crippen LogP contribution in [-0.2, 0) is 11.2 Å². The van der Waals surface area contributed by atoms with E-state index < -0.39 is 5.82 Å². The molecule has 0 N–H and O–H groups in total. The van der Waals surface area contributed by atoms with Crippen LogP contribution in [0.3, 0.4) is 0 Å². The van der Waals surface area contributed by atoms with E-state index in [1.165, 1.54) is 11.6 Å². The van der Waals surface area contributed by atoms with E-state index in [0.717, 1.165) is 12.8 Å². The zero-order valence-corrected chi connectivity index (χ0v) is 14.8. The van der Waals surface area contributed by atoms with Crippen LogP contribution in [0, 0.1) is 5.82 Å². The first kappa shape index (κ1) is 17.4. The number of amides is 1. The maximum atomic E-state index is 13.9. The minimum absolute atomic E-state index is 0.102. The Morgan fingerprint density at radius 3 is 2.70 bits per heavy atom. The molecule has 1 aromatic heterocycles. The molecule has 1 atom stereocenters. The normalized spacial score (nSPS) is 16.9. The maximum absolute atomic E-state index is 13.9. The van der Waals surface area contributed by atoms with Crippen molar-refractivity contribution in [3.05, 3.63) is 71.8 Å². The van der Waals surface area contributed by atoms with Gasteiger partial charge in [0.1, 0.15) is 5.82 Å². The molecule has 1 fully saturated rings. The van der Waals surface area contributed by atoms with Crippen molar-refractivity contribution in [2.75, 3.05) is 13.1 Å². The quantitative estimate of drug-likeness (QED) is 0.666. The highest BCUT2D eigenvalue weighted by Crippen LogP contribution is 2.29. The fourth-order valence-electron chi connectivity index (χ4n) is 3.42. The average Bonchev–Trinajstić information content (AvgIpc) is 3.30. The first-order chi connectivity index (χ1) is 13.2. The third-order valence-electron chi connectivity index (χ3n) is 4.86. The van der Waals surface area contributed by atoms with Gasteiger partial charge in [-0.05, 0) is 30.5 Å². The Labute approximate surface area is 156 Å². The predicted octanol–water partition coefficient (Wildman–Crippen LogP) is 3.82. The Morgan fingerprint density at radius 1 is 1.11 bits per heavy atom. The van der Waals surface area contributed by atoms with Crippen LogP contribution in [0.25, 0.3) is 11.5 Å². The monoisotopic (exact) mass is 365 g/mol. The van der Waals surface area contributed by atoms with Crippen LogP contribution in [0.2, 0.25) is 0 Å². The topological polar surface area (TPSA) is 59.2 Å². The van der Waals surface area contributed by atoms with Crippen LogP contribution in [0.4, 0.5) is 4.39 Å². The van der Waals surface area contributed by atoms with Gasteiger partial charge in [-0.3, -0.25) is 4.79 Å². The highest BCUT2D eigenvalue weighted by Gasteiger charge is 2.33. The van der Waals surface area contributed by atoms with Gasteiger partial charge < -0.3 is 9.42 Å². The van der Waals surface area contributed by atoms with E-state index in [2.05, 4.69) is 22.3 Å². The lowest BCUT2D eigenvalue weighted by Gasteiger charge is -2.15. The first-order valence-electron chi connectivity index (χ1n) is 9.11. The standard InChI is InChI=1S/C21H20FN3O2/c22-18-11-5-4-10-17(18)21-23-20(24-27-21)16-13-19(26)25(14-16)12-6-9-15-7-2-1-3-8-15/h1-5,7-8,10-11,16H,6,9,12-14H2. The summed E-state index contributed by atoms with van der Waals surface area (Å²) in [6.07, 6.45) is 2.21. The van der Waals surface area contributed by atoms with Gasteiger partial charge in [0.25, 0.3) is 5.89 Å². The van der Waals surface area contributed by atoms with Gasteiger partial charge in [0, 0.05) is 25.4 Å². The molecule has 0 aliphatic carbocycles. The largest absolute Gasteiger partial charge is 0.342 e. The molecule has 5 nitrogen and oxygen atoms in total. The summed E-state index contributed by atoms with van der Waals surface area (Å²) in [5.74, 6) is 0.201. The molecule has 4 rings (SSSR count). The molecule has 6 heteroatoms. The first-order valence-corrected chi connectivity index (χ1v) is 9.11. The van der Waals surface area contributed by atoms with E-state index in [4.69, 9.17) is 4.52 Å². The highest BCUT2D eigenvalue weighted by atomic mass is 19.1. The third-order valence-corrected chi connectivity index (χ3v) is 4.86. The molecule has 0 saturated carbocycles. The van der Waals surface area contributed by atoms with Crippen molar-refractivity contribution in [3.8, 4) is 11.5 Å². The molecule has 0 spiro atoms.